The van der Waals surface area contributed by atoms with Crippen LogP contribution in [0.25, 0.3) is 0 Å². The van der Waals surface area contributed by atoms with Crippen molar-refractivity contribution in [2.45, 2.75) is 17.6 Å². The lowest BCUT2D eigenvalue weighted by Gasteiger charge is -2.08. The number of rotatable bonds is 3. The number of nitrogens with two attached hydrogens (primary N) is 1. The van der Waals surface area contributed by atoms with E-state index in [4.69, 9.17) is 5.73 Å². The van der Waals surface area contributed by atoms with E-state index < -0.39 is 0 Å². The Morgan fingerprint density at radius 2 is 1.72 bits per heavy atom. The van der Waals surface area contributed by atoms with Crippen molar-refractivity contribution in [2.24, 2.45) is 0 Å². The third kappa shape index (κ3) is 3.01. The van der Waals surface area contributed by atoms with Gasteiger partial charge in [-0.15, -0.1) is 11.8 Å². The fourth-order valence-electron chi connectivity index (χ4n) is 1.61. The Morgan fingerprint density at radius 3 is 2.44 bits per heavy atom. The molecule has 0 spiro atoms. The van der Waals surface area contributed by atoms with Gasteiger partial charge in [0.05, 0.1) is 0 Å². The molecule has 0 aromatic heterocycles. The smallest absolute Gasteiger partial charge is 0.124 e. The molecular formula is C14H13F2NS. The van der Waals surface area contributed by atoms with Crippen LogP contribution >= 0.6 is 11.8 Å². The van der Waals surface area contributed by atoms with Crippen LogP contribution in [0.1, 0.15) is 11.1 Å². The number of benzene rings is 2. The molecule has 0 aliphatic rings. The summed E-state index contributed by atoms with van der Waals surface area (Å²) < 4.78 is 26.0. The molecule has 0 radical (unpaired) electrons. The maximum atomic E-state index is 13.1. The number of anilines is 1. The third-order valence-electron chi connectivity index (χ3n) is 2.66. The third-order valence-corrected chi connectivity index (χ3v) is 3.78. The Labute approximate surface area is 109 Å². The molecule has 2 aromatic carbocycles. The summed E-state index contributed by atoms with van der Waals surface area (Å²) in [7, 11) is 0. The molecule has 1 nitrogen and oxygen atoms in total. The van der Waals surface area contributed by atoms with Crippen LogP contribution in [-0.2, 0) is 5.75 Å². The lowest BCUT2D eigenvalue weighted by atomic mass is 10.1. The van der Waals surface area contributed by atoms with Crippen LogP contribution in [0.15, 0.2) is 41.3 Å². The van der Waals surface area contributed by atoms with Gasteiger partial charge in [-0.05, 0) is 48.4 Å². The molecule has 2 N–H and O–H groups in total. The van der Waals surface area contributed by atoms with Gasteiger partial charge < -0.3 is 5.73 Å². The zero-order valence-electron chi connectivity index (χ0n) is 9.91. The largest absolute Gasteiger partial charge is 0.398 e. The highest BCUT2D eigenvalue weighted by Gasteiger charge is 2.05. The standard InChI is InChI=1S/C14H13F2NS/c1-9-6-11(15)3-2-10(9)8-18-14-7-12(16)4-5-13(14)17/h2-7H,8,17H2,1H3. The van der Waals surface area contributed by atoms with Gasteiger partial charge in [0, 0.05) is 16.3 Å². The number of thioether (sulfide) groups is 1. The van der Waals surface area contributed by atoms with E-state index in [1.54, 1.807) is 12.1 Å². The van der Waals surface area contributed by atoms with E-state index in [0.29, 0.717) is 16.3 Å². The van der Waals surface area contributed by atoms with Crippen LogP contribution in [0.4, 0.5) is 14.5 Å². The van der Waals surface area contributed by atoms with Crippen LogP contribution in [0.2, 0.25) is 0 Å². The molecular weight excluding hydrogens is 252 g/mol. The summed E-state index contributed by atoms with van der Waals surface area (Å²) in [4.78, 5) is 0.707. The minimum absolute atomic E-state index is 0.244. The van der Waals surface area contributed by atoms with Crippen LogP contribution < -0.4 is 5.73 Å². The highest BCUT2D eigenvalue weighted by molar-refractivity contribution is 7.98. The second kappa shape index (κ2) is 5.40. The van der Waals surface area contributed by atoms with Gasteiger partial charge in [-0.3, -0.25) is 0 Å². The average molecular weight is 265 g/mol. The zero-order chi connectivity index (χ0) is 13.1. The van der Waals surface area contributed by atoms with E-state index in [1.807, 2.05) is 6.92 Å². The molecule has 0 unspecified atom stereocenters. The molecule has 2 rings (SSSR count). The Bertz CT molecular complexity index is 570. The van der Waals surface area contributed by atoms with Crippen molar-refractivity contribution in [3.63, 3.8) is 0 Å². The fraction of sp³-hybridized carbons (Fsp3) is 0.143. The maximum absolute atomic E-state index is 13.1. The molecule has 0 fully saturated rings. The number of aryl methyl sites for hydroxylation is 1. The summed E-state index contributed by atoms with van der Waals surface area (Å²) >= 11 is 1.45. The predicted octanol–water partition coefficient (Wildman–Crippen LogP) is 4.15. The number of halogens is 2. The molecule has 4 heteroatoms. The molecule has 2 aromatic rings. The number of nitrogen functional groups attached to an aromatic ring is 1. The number of hydrogen-bond acceptors (Lipinski definition) is 2. The first-order chi connectivity index (χ1) is 8.56. The first-order valence-corrected chi connectivity index (χ1v) is 6.47. The van der Waals surface area contributed by atoms with Gasteiger partial charge in [0.1, 0.15) is 11.6 Å². The lowest BCUT2D eigenvalue weighted by molar-refractivity contribution is 0.624. The van der Waals surface area contributed by atoms with Gasteiger partial charge in [-0.1, -0.05) is 6.07 Å². The van der Waals surface area contributed by atoms with Crippen molar-refractivity contribution >= 4 is 17.4 Å². The van der Waals surface area contributed by atoms with Crippen molar-refractivity contribution in [1.29, 1.82) is 0 Å². The topological polar surface area (TPSA) is 26.0 Å². The summed E-state index contributed by atoms with van der Waals surface area (Å²) in [5, 5.41) is 0. The Hall–Kier alpha value is -1.55. The Balaban J connectivity index is 2.13. The molecule has 0 amide bonds. The van der Waals surface area contributed by atoms with E-state index in [-0.39, 0.29) is 11.6 Å². The van der Waals surface area contributed by atoms with Crippen molar-refractivity contribution in [3.05, 3.63) is 59.2 Å². The predicted molar refractivity (Wildman–Crippen MR) is 71.5 cm³/mol. The van der Waals surface area contributed by atoms with Crippen molar-refractivity contribution in [2.75, 3.05) is 5.73 Å². The first-order valence-electron chi connectivity index (χ1n) is 5.49. The maximum Gasteiger partial charge on any atom is 0.124 e. The van der Waals surface area contributed by atoms with Crippen LogP contribution in [0.3, 0.4) is 0 Å². The summed E-state index contributed by atoms with van der Waals surface area (Å²) in [6.07, 6.45) is 0. The second-order valence-corrected chi connectivity index (χ2v) is 5.06. The Kier molecular flexibility index (Phi) is 3.87. The summed E-state index contributed by atoms with van der Waals surface area (Å²) in [5.41, 5.74) is 8.23. The monoisotopic (exact) mass is 265 g/mol. The summed E-state index contributed by atoms with van der Waals surface area (Å²) in [6.45, 7) is 1.86. The highest BCUT2D eigenvalue weighted by Crippen LogP contribution is 2.29. The number of hydrogen-bond donors (Lipinski definition) is 1. The first kappa shape index (κ1) is 12.9. The molecule has 0 saturated heterocycles. The minimum atomic E-state index is -0.303. The van der Waals surface area contributed by atoms with Crippen LogP contribution in [0, 0.1) is 18.6 Å². The normalized spacial score (nSPS) is 10.6. The lowest BCUT2D eigenvalue weighted by Crippen LogP contribution is -1.92. The van der Waals surface area contributed by atoms with Crippen LogP contribution in [0.5, 0.6) is 0 Å². The molecule has 0 saturated carbocycles. The van der Waals surface area contributed by atoms with Gasteiger partial charge in [-0.25, -0.2) is 8.78 Å². The van der Waals surface area contributed by atoms with Gasteiger partial charge in [0.15, 0.2) is 0 Å². The zero-order valence-corrected chi connectivity index (χ0v) is 10.7. The quantitative estimate of drug-likeness (QED) is 0.666. The molecule has 0 atom stereocenters. The van der Waals surface area contributed by atoms with Crippen molar-refractivity contribution in [1.82, 2.24) is 0 Å². The highest BCUT2D eigenvalue weighted by atomic mass is 32.2. The molecule has 0 bridgehead atoms. The SMILES string of the molecule is Cc1cc(F)ccc1CSc1cc(F)ccc1N. The molecule has 0 aliphatic carbocycles. The Morgan fingerprint density at radius 1 is 1.06 bits per heavy atom. The summed E-state index contributed by atoms with van der Waals surface area (Å²) in [6, 6.07) is 8.96. The van der Waals surface area contributed by atoms with E-state index in [9.17, 15) is 8.78 Å². The second-order valence-electron chi connectivity index (χ2n) is 4.04. The van der Waals surface area contributed by atoms with E-state index >= 15 is 0 Å². The van der Waals surface area contributed by atoms with Gasteiger partial charge in [0.25, 0.3) is 0 Å². The van der Waals surface area contributed by atoms with Crippen molar-refractivity contribution < 1.29 is 8.78 Å². The molecule has 0 heterocycles. The van der Waals surface area contributed by atoms with E-state index in [0.717, 1.165) is 11.1 Å². The molecule has 0 aliphatic heterocycles. The van der Waals surface area contributed by atoms with E-state index in [1.165, 1.54) is 36.0 Å². The average Bonchev–Trinajstić information content (AvgIpc) is 2.32. The van der Waals surface area contributed by atoms with Crippen molar-refractivity contribution in [3.8, 4) is 0 Å². The molecule has 18 heavy (non-hydrogen) atoms. The van der Waals surface area contributed by atoms with Crippen LogP contribution in [-0.4, -0.2) is 0 Å². The van der Waals surface area contributed by atoms with Gasteiger partial charge in [0.2, 0.25) is 0 Å². The van der Waals surface area contributed by atoms with E-state index in [2.05, 4.69) is 0 Å². The van der Waals surface area contributed by atoms with Gasteiger partial charge in [-0.2, -0.15) is 0 Å². The molecule has 94 valence electrons. The van der Waals surface area contributed by atoms with Gasteiger partial charge >= 0.3 is 0 Å². The minimum Gasteiger partial charge on any atom is -0.398 e. The summed E-state index contributed by atoms with van der Waals surface area (Å²) in [5.74, 6) is 0.0915. The fourth-order valence-corrected chi connectivity index (χ4v) is 2.68.